The highest BCUT2D eigenvalue weighted by Crippen LogP contribution is 2.26. The summed E-state index contributed by atoms with van der Waals surface area (Å²) < 4.78 is 35.7. The molecule has 0 bridgehead atoms. The lowest BCUT2D eigenvalue weighted by molar-refractivity contribution is 0.459. The van der Waals surface area contributed by atoms with Crippen LogP contribution in [0.15, 0.2) is 41.6 Å². The van der Waals surface area contributed by atoms with Gasteiger partial charge in [0.1, 0.15) is 28.6 Å². The monoisotopic (exact) mass is 453 g/mol. The van der Waals surface area contributed by atoms with Gasteiger partial charge in [0.2, 0.25) is 5.88 Å². The molecular weight excluding hydrogens is 430 g/mol. The van der Waals surface area contributed by atoms with Gasteiger partial charge in [0.05, 0.1) is 17.1 Å². The average Bonchev–Trinajstić information content (AvgIpc) is 3.24. The number of hydrogen-bond donors (Lipinski definition) is 2. The molecule has 0 aliphatic heterocycles. The van der Waals surface area contributed by atoms with Gasteiger partial charge in [-0.2, -0.15) is 10.1 Å². The molecule has 3 aromatic heterocycles. The minimum absolute atomic E-state index is 0.145. The second kappa shape index (κ2) is 8.08. The third kappa shape index (κ3) is 4.19. The van der Waals surface area contributed by atoms with Crippen LogP contribution in [-0.4, -0.2) is 38.1 Å². The zero-order chi connectivity index (χ0) is 23.0. The Balaban J connectivity index is 1.54. The first-order chi connectivity index (χ1) is 15.1. The van der Waals surface area contributed by atoms with E-state index >= 15 is 0 Å². The molecule has 0 aliphatic carbocycles. The van der Waals surface area contributed by atoms with E-state index in [0.29, 0.717) is 40.3 Å². The normalized spacial score (nSPS) is 11.5. The van der Waals surface area contributed by atoms with E-state index in [1.807, 2.05) is 18.4 Å². The zero-order valence-electron chi connectivity index (χ0n) is 18.3. The van der Waals surface area contributed by atoms with Crippen LogP contribution in [0.5, 0.6) is 11.6 Å². The number of anilines is 1. The molecule has 0 fully saturated rings. The fraction of sp³-hybridized carbons (Fsp3) is 0.238. The molecule has 0 amide bonds. The number of sulfonamides is 1. The molecule has 0 radical (unpaired) electrons. The zero-order valence-corrected chi connectivity index (χ0v) is 19.1. The van der Waals surface area contributed by atoms with Crippen LogP contribution in [0, 0.1) is 34.6 Å². The van der Waals surface area contributed by atoms with Crippen molar-refractivity contribution in [2.45, 2.75) is 39.5 Å². The van der Waals surface area contributed by atoms with Crippen molar-refractivity contribution in [3.8, 4) is 17.4 Å². The van der Waals surface area contributed by atoms with Gasteiger partial charge in [-0.3, -0.25) is 14.4 Å². The fourth-order valence-corrected chi connectivity index (χ4v) is 4.72. The largest absolute Gasteiger partial charge is 0.439 e. The number of aromatic amines is 1. The van der Waals surface area contributed by atoms with Crippen LogP contribution in [0.1, 0.15) is 28.6 Å². The first-order valence-electron chi connectivity index (χ1n) is 9.83. The van der Waals surface area contributed by atoms with Crippen molar-refractivity contribution in [3.63, 3.8) is 0 Å². The Labute approximate surface area is 185 Å². The van der Waals surface area contributed by atoms with E-state index in [0.717, 1.165) is 11.4 Å². The van der Waals surface area contributed by atoms with Gasteiger partial charge in [-0.25, -0.2) is 18.4 Å². The van der Waals surface area contributed by atoms with E-state index in [1.165, 1.54) is 0 Å². The van der Waals surface area contributed by atoms with Crippen LogP contribution in [0.25, 0.3) is 5.82 Å². The summed E-state index contributed by atoms with van der Waals surface area (Å²) >= 11 is 0. The smallest absolute Gasteiger partial charge is 0.265 e. The Kier molecular flexibility index (Phi) is 5.43. The van der Waals surface area contributed by atoms with Crippen LogP contribution in [0.2, 0.25) is 0 Å². The van der Waals surface area contributed by atoms with E-state index in [1.54, 1.807) is 57.4 Å². The number of benzene rings is 1. The van der Waals surface area contributed by atoms with Gasteiger partial charge in [0, 0.05) is 17.4 Å². The number of imidazole rings is 1. The van der Waals surface area contributed by atoms with Crippen LogP contribution in [0.3, 0.4) is 0 Å². The average molecular weight is 454 g/mol. The van der Waals surface area contributed by atoms with Crippen LogP contribution in [0.4, 0.5) is 5.69 Å². The molecule has 0 saturated carbocycles. The van der Waals surface area contributed by atoms with E-state index < -0.39 is 10.0 Å². The summed E-state index contributed by atoms with van der Waals surface area (Å²) in [5, 5.41) is 6.63. The molecule has 2 N–H and O–H groups in total. The van der Waals surface area contributed by atoms with Gasteiger partial charge < -0.3 is 4.74 Å². The summed E-state index contributed by atoms with van der Waals surface area (Å²) in [6.45, 7) is 8.98. The molecule has 0 aliphatic rings. The maximum Gasteiger partial charge on any atom is 0.265 e. The second-order valence-electron chi connectivity index (χ2n) is 7.39. The summed E-state index contributed by atoms with van der Waals surface area (Å²) in [6.07, 6.45) is 1.71. The molecule has 10 nitrogen and oxygen atoms in total. The van der Waals surface area contributed by atoms with E-state index in [9.17, 15) is 8.42 Å². The van der Waals surface area contributed by atoms with Crippen LogP contribution in [-0.2, 0) is 10.0 Å². The van der Waals surface area contributed by atoms with Gasteiger partial charge in [0.25, 0.3) is 10.0 Å². The van der Waals surface area contributed by atoms with Crippen molar-refractivity contribution < 1.29 is 13.2 Å². The maximum atomic E-state index is 12.7. The summed E-state index contributed by atoms with van der Waals surface area (Å²) in [6, 6.07) is 8.29. The lowest BCUT2D eigenvalue weighted by Crippen LogP contribution is -2.14. The quantitative estimate of drug-likeness (QED) is 0.457. The molecular formula is C21H23N7O3S. The van der Waals surface area contributed by atoms with Crippen LogP contribution < -0.4 is 9.46 Å². The van der Waals surface area contributed by atoms with E-state index in [4.69, 9.17) is 4.74 Å². The number of rotatable bonds is 6. The molecule has 4 aromatic rings. The number of hydrogen-bond acceptors (Lipinski definition) is 7. The molecule has 4 rings (SSSR count). The fourth-order valence-electron chi connectivity index (χ4n) is 3.29. The van der Waals surface area contributed by atoms with Gasteiger partial charge in [-0.15, -0.1) is 0 Å². The van der Waals surface area contributed by atoms with Gasteiger partial charge in [-0.1, -0.05) is 0 Å². The third-order valence-electron chi connectivity index (χ3n) is 4.96. The minimum atomic E-state index is -3.76. The Morgan fingerprint density at radius 3 is 2.31 bits per heavy atom. The first kappa shape index (κ1) is 21.5. The molecule has 11 heteroatoms. The molecule has 0 spiro atoms. The second-order valence-corrected chi connectivity index (χ2v) is 9.01. The standard InChI is InChI=1S/C21H23N7O3S/c1-12-15(4)28(11-22-12)19-10-20(24-16(5)23-19)31-18-8-6-17(7-9-18)27-32(29,30)21-13(2)25-26-14(21)3/h6-11,27H,1-5H3,(H,25,26). The van der Waals surface area contributed by atoms with Crippen molar-refractivity contribution in [2.75, 3.05) is 4.72 Å². The topological polar surface area (TPSA) is 128 Å². The predicted molar refractivity (Wildman–Crippen MR) is 119 cm³/mol. The number of aromatic nitrogens is 6. The summed E-state index contributed by atoms with van der Waals surface area (Å²) in [7, 11) is -3.76. The Bertz CT molecular complexity index is 1370. The maximum absolute atomic E-state index is 12.7. The highest BCUT2D eigenvalue weighted by atomic mass is 32.2. The molecule has 0 saturated heterocycles. The molecule has 0 unspecified atom stereocenters. The number of nitrogens with zero attached hydrogens (tertiary/aromatic N) is 5. The van der Waals surface area contributed by atoms with Crippen molar-refractivity contribution in [2.24, 2.45) is 0 Å². The Morgan fingerprint density at radius 1 is 1.00 bits per heavy atom. The van der Waals surface area contributed by atoms with Crippen molar-refractivity contribution in [1.29, 1.82) is 0 Å². The summed E-state index contributed by atoms with van der Waals surface area (Å²) in [5.74, 6) is 2.08. The summed E-state index contributed by atoms with van der Waals surface area (Å²) in [4.78, 5) is 13.2. The van der Waals surface area contributed by atoms with E-state index in [-0.39, 0.29) is 4.90 Å². The molecule has 1 aromatic carbocycles. The Hall–Kier alpha value is -3.73. The van der Waals surface area contributed by atoms with Crippen molar-refractivity contribution in [1.82, 2.24) is 29.7 Å². The molecule has 166 valence electrons. The van der Waals surface area contributed by atoms with Gasteiger partial charge in [-0.05, 0) is 58.9 Å². The predicted octanol–water partition coefficient (Wildman–Crippen LogP) is 3.52. The van der Waals surface area contributed by atoms with E-state index in [2.05, 4.69) is 29.9 Å². The lowest BCUT2D eigenvalue weighted by atomic mass is 10.3. The highest BCUT2D eigenvalue weighted by molar-refractivity contribution is 7.92. The molecule has 0 atom stereocenters. The van der Waals surface area contributed by atoms with Gasteiger partial charge in [0.15, 0.2) is 0 Å². The lowest BCUT2D eigenvalue weighted by Gasteiger charge is -2.11. The SMILES string of the molecule is Cc1nc(Oc2ccc(NS(=O)(=O)c3c(C)n[nH]c3C)cc2)cc(-n2cnc(C)c2C)n1. The summed E-state index contributed by atoms with van der Waals surface area (Å²) in [5.41, 5.74) is 3.19. The minimum Gasteiger partial charge on any atom is -0.439 e. The number of H-pyrrole nitrogens is 1. The van der Waals surface area contributed by atoms with Gasteiger partial charge >= 0.3 is 0 Å². The molecule has 32 heavy (non-hydrogen) atoms. The third-order valence-corrected chi connectivity index (χ3v) is 6.60. The van der Waals surface area contributed by atoms with Crippen molar-refractivity contribution in [3.05, 3.63) is 65.3 Å². The number of ether oxygens (including phenoxy) is 1. The number of nitrogens with one attached hydrogen (secondary N) is 2. The highest BCUT2D eigenvalue weighted by Gasteiger charge is 2.22. The molecule has 3 heterocycles. The Morgan fingerprint density at radius 2 is 1.72 bits per heavy atom. The van der Waals surface area contributed by atoms with Crippen LogP contribution >= 0.6 is 0 Å². The van der Waals surface area contributed by atoms with Crippen molar-refractivity contribution >= 4 is 15.7 Å². The number of aryl methyl sites for hydroxylation is 4. The first-order valence-corrected chi connectivity index (χ1v) is 11.3.